The van der Waals surface area contributed by atoms with Gasteiger partial charge in [-0.1, -0.05) is 26.7 Å². The maximum absolute atomic E-state index is 16.4. The van der Waals surface area contributed by atoms with Gasteiger partial charge < -0.3 is 163 Å². The Morgan fingerprint density at radius 1 is 0.476 bits per heavy atom. The van der Waals surface area contributed by atoms with Gasteiger partial charge in [0.2, 0.25) is 23.1 Å². The van der Waals surface area contributed by atoms with Crippen molar-refractivity contribution in [1.82, 2.24) is 0 Å². The Bertz CT molecular complexity index is 4690. The number of Topliss-reactive ketones (excluding diaryl/α,β-unsaturated/α-hetero) is 6. The molecule has 0 radical (unpaired) electrons. The van der Waals surface area contributed by atoms with E-state index in [4.69, 9.17) is 75.8 Å². The lowest BCUT2D eigenvalue weighted by atomic mass is 9.53. The first-order chi connectivity index (χ1) is 58.4. The fourth-order valence-electron chi connectivity index (χ4n) is 21.9. The maximum atomic E-state index is 16.4. The molecule has 2 saturated carbocycles. The second-order valence-electron chi connectivity index (χ2n) is 35.3. The molecule has 9 fully saturated rings. The minimum absolute atomic E-state index is 0.0239. The van der Waals surface area contributed by atoms with Crippen molar-refractivity contribution in [2.45, 2.75) is 352 Å². The molecule has 7 saturated heterocycles. The number of ketones is 6. The largest absolute Gasteiger partial charge is 0.507 e. The molecule has 0 amide bonds. The van der Waals surface area contributed by atoms with Crippen LogP contribution >= 0.6 is 0 Å². The lowest BCUT2D eigenvalue weighted by molar-refractivity contribution is -0.359. The fourth-order valence-corrected chi connectivity index (χ4v) is 21.9. The number of allylic oxidation sites excluding steroid dienone is 2. The maximum Gasteiger partial charge on any atom is 0.232 e. The summed E-state index contributed by atoms with van der Waals surface area (Å²) in [5.74, 6) is -18.1. The van der Waals surface area contributed by atoms with Gasteiger partial charge in [-0.05, 0) is 99.1 Å². The average molecular weight is 1760 g/mol. The molecule has 4 bridgehead atoms. The number of ether oxygens (including phenoxy) is 16. The SMILES string of the molecule is CCC[C@@]1(O)[C@H](O[C@H]2CC[C@H](O[C@@H]3C[C@H](O)[C@](O)(C(C)=O)[C@@H](C)O3)[C@@H](C)O2)[C@@H](O)[C@H](O[C@H]2C[C@@H](O)[C@@H](O)[C@H](C)O2)[C@H]2Cc3cc4c(OC)c(OC)c(C5=C(OC)C(=O)c6c(O)c7c(c(O)c6C5=O)C(=O)[C@]5(O)[C@H]6[C@H](O[C@@H]8C[C@@H](O)[C@@H](O)[C@H](C)O8)[C@@H](O)[C@H](O[C@H]8CC[C@H](O[C@@H]9C[C@H](O)[C@](O)(C(C)=O)[C@@H](C)O9)[C@@H](C)O8)[C@]5(CCC)O[C@@H]76)c(O)c4c(O)c3C(=O)[C@@]21O. The zero-order valence-electron chi connectivity index (χ0n) is 70.6. The molecule has 39 nitrogen and oxygen atoms in total. The van der Waals surface area contributed by atoms with Gasteiger partial charge in [0.1, 0.15) is 70.8 Å². The third-order valence-corrected chi connectivity index (χ3v) is 28.4. The van der Waals surface area contributed by atoms with Gasteiger partial charge in [-0.3, -0.25) is 28.8 Å². The predicted molar refractivity (Wildman–Crippen MR) is 415 cm³/mol. The van der Waals surface area contributed by atoms with E-state index in [-0.39, 0.29) is 68.7 Å². The second kappa shape index (κ2) is 33.3. The van der Waals surface area contributed by atoms with Crippen LogP contribution in [0.15, 0.2) is 11.8 Å². The predicted octanol–water partition coefficient (Wildman–Crippen LogP) is 0.343. The second-order valence-corrected chi connectivity index (χ2v) is 35.3. The summed E-state index contributed by atoms with van der Waals surface area (Å²) >= 11 is 0. The van der Waals surface area contributed by atoms with Crippen LogP contribution < -0.4 is 9.47 Å². The minimum Gasteiger partial charge on any atom is -0.507 e. The zero-order valence-corrected chi connectivity index (χ0v) is 70.6. The van der Waals surface area contributed by atoms with E-state index in [0.717, 1.165) is 35.2 Å². The molecule has 0 spiro atoms. The number of aromatic hydroxyl groups is 4. The van der Waals surface area contributed by atoms with Crippen LogP contribution in [0.4, 0.5) is 0 Å². The number of rotatable bonds is 22. The summed E-state index contributed by atoms with van der Waals surface area (Å²) in [4.78, 5) is 89.7. The van der Waals surface area contributed by atoms with Crippen molar-refractivity contribution >= 4 is 51.0 Å². The van der Waals surface area contributed by atoms with Gasteiger partial charge in [0.05, 0.1) is 158 Å². The number of aliphatic hydroxyl groups is 13. The van der Waals surface area contributed by atoms with Gasteiger partial charge in [0, 0.05) is 55.4 Å². The highest BCUT2D eigenvalue weighted by Crippen LogP contribution is 2.69. The van der Waals surface area contributed by atoms with Gasteiger partial charge in [0.15, 0.2) is 89.0 Å². The number of fused-ring (bicyclic) bond motifs is 6. The number of methoxy groups -OCH3 is 3. The van der Waals surface area contributed by atoms with Crippen LogP contribution in [0, 0.1) is 11.8 Å². The zero-order chi connectivity index (χ0) is 90.2. The summed E-state index contributed by atoms with van der Waals surface area (Å²) in [5.41, 5.74) is -22.9. The number of hydrogen-bond donors (Lipinski definition) is 17. The molecular weight excluding hydrogens is 1640 g/mol. The van der Waals surface area contributed by atoms with Gasteiger partial charge in [-0.25, -0.2) is 0 Å². The molecule has 7 aliphatic heterocycles. The van der Waals surface area contributed by atoms with Crippen molar-refractivity contribution < 1.29 is 191 Å². The van der Waals surface area contributed by atoms with Gasteiger partial charge in [-0.15, -0.1) is 0 Å². The highest BCUT2D eigenvalue weighted by Gasteiger charge is 2.82. The molecule has 124 heavy (non-hydrogen) atoms. The summed E-state index contributed by atoms with van der Waals surface area (Å²) in [5, 5.41) is 207. The third kappa shape index (κ3) is 13.6. The fraction of sp³-hybridized carbons (Fsp3) is 0.718. The smallest absolute Gasteiger partial charge is 0.232 e. The Hall–Kier alpha value is -6.76. The van der Waals surface area contributed by atoms with Crippen LogP contribution in [0.3, 0.4) is 0 Å². The first-order valence-electron chi connectivity index (χ1n) is 42.2. The highest BCUT2D eigenvalue weighted by molar-refractivity contribution is 6.43. The molecule has 3 aromatic rings. The van der Waals surface area contributed by atoms with Crippen molar-refractivity contribution in [2.24, 2.45) is 11.8 Å². The molecule has 3 aromatic carbocycles. The molecule has 39 heteroatoms. The van der Waals surface area contributed by atoms with E-state index < -0.39 is 356 Å². The normalized spacial score (nSPS) is 43.9. The Balaban J connectivity index is 0.797. The first kappa shape index (κ1) is 92.0. The molecule has 35 atom stereocenters. The van der Waals surface area contributed by atoms with Crippen molar-refractivity contribution in [3.05, 3.63) is 50.8 Å². The third-order valence-electron chi connectivity index (χ3n) is 28.4. The molecule has 5 aliphatic carbocycles. The van der Waals surface area contributed by atoms with E-state index in [1.807, 2.05) is 0 Å². The number of phenols is 4. The van der Waals surface area contributed by atoms with Crippen LogP contribution in [-0.4, -0.2) is 336 Å². The molecule has 7 heterocycles. The number of carbonyl (C=O) groups excluding carboxylic acids is 6. The van der Waals surface area contributed by atoms with E-state index >= 15 is 19.2 Å². The Kier molecular flexibility index (Phi) is 24.7. The minimum atomic E-state index is -3.24. The van der Waals surface area contributed by atoms with Crippen LogP contribution in [0.2, 0.25) is 0 Å². The Morgan fingerprint density at radius 3 is 1.42 bits per heavy atom. The number of aliphatic hydroxyl groups excluding tert-OH is 8. The van der Waals surface area contributed by atoms with Gasteiger partial charge in [0.25, 0.3) is 0 Å². The molecule has 17 N–H and O–H groups in total. The van der Waals surface area contributed by atoms with E-state index in [2.05, 4.69) is 0 Å². The molecule has 0 aromatic heterocycles. The van der Waals surface area contributed by atoms with Crippen LogP contribution in [0.5, 0.6) is 34.5 Å². The number of hydrogen-bond acceptors (Lipinski definition) is 39. The van der Waals surface area contributed by atoms with Crippen molar-refractivity contribution in [1.29, 1.82) is 0 Å². The summed E-state index contributed by atoms with van der Waals surface area (Å²) in [6.45, 7) is 14.3. The molecule has 12 aliphatic rings. The number of carbonyl (C=O) groups is 6. The highest BCUT2D eigenvalue weighted by atomic mass is 16.8. The first-order valence-corrected chi connectivity index (χ1v) is 42.2. The molecular formula is C85H112O39. The van der Waals surface area contributed by atoms with Crippen LogP contribution in [0.25, 0.3) is 16.3 Å². The van der Waals surface area contributed by atoms with E-state index in [1.54, 1.807) is 27.7 Å². The summed E-state index contributed by atoms with van der Waals surface area (Å²) in [6, 6.07) is 1.23. The van der Waals surface area contributed by atoms with Gasteiger partial charge >= 0.3 is 0 Å². The summed E-state index contributed by atoms with van der Waals surface area (Å²) in [6.07, 6.45) is -41.8. The molecule has 686 valence electrons. The van der Waals surface area contributed by atoms with Crippen molar-refractivity contribution in [2.75, 3.05) is 21.3 Å². The molecule has 0 unspecified atom stereocenters. The summed E-state index contributed by atoms with van der Waals surface area (Å²) < 4.78 is 100. The van der Waals surface area contributed by atoms with Crippen molar-refractivity contribution in [3.8, 4) is 34.5 Å². The lowest BCUT2D eigenvalue weighted by Gasteiger charge is -2.60. The van der Waals surface area contributed by atoms with E-state index in [0.29, 0.717) is 0 Å². The molecule has 15 rings (SSSR count). The number of benzene rings is 3. The monoisotopic (exact) mass is 1760 g/mol. The topological polar surface area (TPSA) is 594 Å². The standard InChI is InChI=1S/C85H112O39/c1-14-20-80(104)78(122-45-18-16-41(28(3)112-45)118-49-26-43(90)82(105,32(7)86)34(9)116-49)68(100)71(120-47-24-39(88)60(92)30(5)114-47)38-23-36-22-37-52(62(94)51(36)76(102)84(38,80)107)63(95)56(74(111-13)70(37)109-11)55-64(96)53-54(67(99)73(55)110-12)65(97)57-58(66(53)98)77(103)85(108)59-72(57)124-81(85,21-15-2)79(69(101)75(59)121-48-25-40(89)61(93)31(6)115-48)123-46-19-17-42(29(4)113-46)119-50-27-44(91)83(106,33(8)87)35(10)117-50/h22,28-31,34-35,38-50,59-61,68-69,71-72,75,78-79,88-95,97-98,100-101,104-108H,14-21,23-27H2,1-13H3/t28-,29-,30+,31+,34-,35-,38-,39-,40-,41+,42+,43+,44+,45+,46+,47+,48-,49-,50-,59-,60+,61+,68+,69-,71-,72+,75+,78-,79+,80-,81+,82+,83+,84+,85-/m1/s1. The number of phenolic OH excluding ortho intramolecular Hbond substituents is 4. The quantitative estimate of drug-likeness (QED) is 0.0603. The van der Waals surface area contributed by atoms with E-state index in [9.17, 15) is 96.4 Å². The van der Waals surface area contributed by atoms with E-state index in [1.165, 1.54) is 33.8 Å². The average Bonchev–Trinajstić information content (AvgIpc) is 1.42. The Morgan fingerprint density at radius 2 is 0.944 bits per heavy atom. The van der Waals surface area contributed by atoms with Crippen LogP contribution in [-0.2, 0) is 82.3 Å². The lowest BCUT2D eigenvalue weighted by Crippen LogP contribution is -2.80. The Labute approximate surface area is 710 Å². The van der Waals surface area contributed by atoms with Gasteiger partial charge in [-0.2, -0.15) is 0 Å². The van der Waals surface area contributed by atoms with Crippen molar-refractivity contribution in [3.63, 3.8) is 0 Å². The summed E-state index contributed by atoms with van der Waals surface area (Å²) in [7, 11) is 3.04. The van der Waals surface area contributed by atoms with Crippen LogP contribution in [0.1, 0.15) is 211 Å².